The van der Waals surface area contributed by atoms with E-state index in [1.165, 1.54) is 12.5 Å². The second-order valence-electron chi connectivity index (χ2n) is 4.85. The molecule has 1 atom stereocenters. The fourth-order valence-electron chi connectivity index (χ4n) is 2.50. The van der Waals surface area contributed by atoms with Gasteiger partial charge in [0.05, 0.1) is 12.7 Å². The number of benzene rings is 1. The van der Waals surface area contributed by atoms with Crippen LogP contribution in [0.5, 0.6) is 0 Å². The molecule has 0 bridgehead atoms. The first-order chi connectivity index (χ1) is 8.65. The summed E-state index contributed by atoms with van der Waals surface area (Å²) in [5, 5.41) is 18.9. The van der Waals surface area contributed by atoms with E-state index in [1.54, 1.807) is 13.0 Å². The van der Waals surface area contributed by atoms with Gasteiger partial charge in [-0.15, -0.1) is 0 Å². The van der Waals surface area contributed by atoms with Crippen LogP contribution in [0.2, 0.25) is 0 Å². The molecule has 1 aliphatic rings. The normalized spacial score (nSPS) is 17.3. The van der Waals surface area contributed by atoms with E-state index in [9.17, 15) is 9.50 Å². The summed E-state index contributed by atoms with van der Waals surface area (Å²) < 4.78 is 13.8. The van der Waals surface area contributed by atoms with E-state index in [-0.39, 0.29) is 12.4 Å². The number of nitrogens with zero attached hydrogens (tertiary/aromatic N) is 1. The number of hydrogen-bond acceptors (Lipinski definition) is 3. The monoisotopic (exact) mass is 253 g/mol. The molecule has 3 nitrogen and oxygen atoms in total. The Bertz CT molecular complexity index is 405. The van der Waals surface area contributed by atoms with Crippen molar-refractivity contribution in [3.63, 3.8) is 0 Å². The fraction of sp³-hybridized carbons (Fsp3) is 0.571. The molecule has 0 saturated heterocycles. The summed E-state index contributed by atoms with van der Waals surface area (Å²) in [5.74, 6) is -0.384. The van der Waals surface area contributed by atoms with Crippen molar-refractivity contribution in [1.29, 1.82) is 0 Å². The maximum atomic E-state index is 13.8. The Kier molecular flexibility index (Phi) is 4.19. The van der Waals surface area contributed by atoms with Gasteiger partial charge in [0.25, 0.3) is 0 Å². The molecule has 100 valence electrons. The topological polar surface area (TPSA) is 43.7 Å². The highest BCUT2D eigenvalue weighted by molar-refractivity contribution is 5.56. The van der Waals surface area contributed by atoms with E-state index < -0.39 is 6.10 Å². The molecule has 1 aliphatic carbocycles. The van der Waals surface area contributed by atoms with Crippen LogP contribution < -0.4 is 4.90 Å². The molecule has 0 spiro atoms. The van der Waals surface area contributed by atoms with Crippen LogP contribution in [-0.4, -0.2) is 29.4 Å². The molecule has 2 rings (SSSR count). The average Bonchev–Trinajstić information content (AvgIpc) is 2.25. The highest BCUT2D eigenvalue weighted by Gasteiger charge is 2.28. The van der Waals surface area contributed by atoms with Crippen molar-refractivity contribution in [3.05, 3.63) is 29.6 Å². The Morgan fingerprint density at radius 1 is 1.44 bits per heavy atom. The van der Waals surface area contributed by atoms with Gasteiger partial charge in [-0.25, -0.2) is 4.39 Å². The van der Waals surface area contributed by atoms with Crippen LogP contribution in [0.4, 0.5) is 10.1 Å². The molecule has 0 unspecified atom stereocenters. The summed E-state index contributed by atoms with van der Waals surface area (Å²) in [4.78, 5) is 2.02. The summed E-state index contributed by atoms with van der Waals surface area (Å²) in [7, 11) is 0. The van der Waals surface area contributed by atoms with Crippen molar-refractivity contribution < 1.29 is 14.6 Å². The van der Waals surface area contributed by atoms with Gasteiger partial charge >= 0.3 is 0 Å². The summed E-state index contributed by atoms with van der Waals surface area (Å²) >= 11 is 0. The third-order valence-electron chi connectivity index (χ3n) is 3.61. The second kappa shape index (κ2) is 5.67. The lowest BCUT2D eigenvalue weighted by atomic mass is 9.90. The smallest absolute Gasteiger partial charge is 0.131 e. The van der Waals surface area contributed by atoms with Crippen LogP contribution in [0.15, 0.2) is 18.2 Å². The van der Waals surface area contributed by atoms with Crippen LogP contribution in [-0.2, 0) is 0 Å². The zero-order valence-electron chi connectivity index (χ0n) is 10.6. The number of hydrogen-bond donors (Lipinski definition) is 2. The van der Waals surface area contributed by atoms with Gasteiger partial charge in [0.1, 0.15) is 5.82 Å². The lowest BCUT2D eigenvalue weighted by Gasteiger charge is -2.40. The highest BCUT2D eigenvalue weighted by Crippen LogP contribution is 2.34. The van der Waals surface area contributed by atoms with Crippen LogP contribution in [0.3, 0.4) is 0 Å². The van der Waals surface area contributed by atoms with Gasteiger partial charge in [0.15, 0.2) is 0 Å². The van der Waals surface area contributed by atoms with Crippen LogP contribution >= 0.6 is 0 Å². The Morgan fingerprint density at radius 3 is 2.67 bits per heavy atom. The average molecular weight is 253 g/mol. The molecular formula is C14H20FNO2. The minimum atomic E-state index is -0.845. The van der Waals surface area contributed by atoms with Crippen LogP contribution in [0.1, 0.15) is 37.9 Å². The predicted octanol–water partition coefficient (Wildman–Crippen LogP) is 2.23. The minimum absolute atomic E-state index is 0.0340. The zero-order valence-corrected chi connectivity index (χ0v) is 10.6. The maximum absolute atomic E-state index is 13.8. The Hall–Kier alpha value is -1.13. The number of anilines is 1. The largest absolute Gasteiger partial charge is 0.395 e. The Balaban J connectivity index is 2.36. The first-order valence-electron chi connectivity index (χ1n) is 6.49. The van der Waals surface area contributed by atoms with Gasteiger partial charge in [-0.1, -0.05) is 6.07 Å². The van der Waals surface area contributed by atoms with E-state index >= 15 is 0 Å². The summed E-state index contributed by atoms with van der Waals surface area (Å²) in [6, 6.07) is 5.19. The third-order valence-corrected chi connectivity index (χ3v) is 3.61. The molecule has 1 aromatic carbocycles. The predicted molar refractivity (Wildman–Crippen MR) is 69.1 cm³/mol. The Labute approximate surface area is 107 Å². The molecule has 4 heteroatoms. The molecule has 1 fully saturated rings. The molecule has 0 aromatic heterocycles. The highest BCUT2D eigenvalue weighted by atomic mass is 19.1. The van der Waals surface area contributed by atoms with E-state index in [2.05, 4.69) is 0 Å². The summed E-state index contributed by atoms with van der Waals surface area (Å²) in [5.41, 5.74) is 1.04. The molecule has 18 heavy (non-hydrogen) atoms. The van der Waals surface area contributed by atoms with Crippen molar-refractivity contribution in [2.75, 3.05) is 18.1 Å². The van der Waals surface area contributed by atoms with Gasteiger partial charge in [-0.2, -0.15) is 0 Å². The molecule has 0 heterocycles. The first-order valence-corrected chi connectivity index (χ1v) is 6.49. The number of aliphatic hydroxyl groups excluding tert-OH is 2. The van der Waals surface area contributed by atoms with Crippen molar-refractivity contribution >= 4 is 5.69 Å². The molecule has 0 aliphatic heterocycles. The van der Waals surface area contributed by atoms with Crippen molar-refractivity contribution in [2.45, 2.75) is 38.3 Å². The second-order valence-corrected chi connectivity index (χ2v) is 4.85. The van der Waals surface area contributed by atoms with Gasteiger partial charge in [-0.3, -0.25) is 0 Å². The maximum Gasteiger partial charge on any atom is 0.131 e. The number of halogens is 1. The van der Waals surface area contributed by atoms with E-state index in [1.807, 2.05) is 11.0 Å². The molecular weight excluding hydrogens is 233 g/mol. The van der Waals surface area contributed by atoms with Crippen molar-refractivity contribution in [1.82, 2.24) is 0 Å². The van der Waals surface area contributed by atoms with Gasteiger partial charge in [0, 0.05) is 23.8 Å². The number of rotatable bonds is 5. The minimum Gasteiger partial charge on any atom is -0.395 e. The zero-order chi connectivity index (χ0) is 13.1. The van der Waals surface area contributed by atoms with Gasteiger partial charge in [-0.05, 0) is 38.3 Å². The number of aliphatic hydroxyl groups is 2. The lowest BCUT2D eigenvalue weighted by molar-refractivity contribution is 0.193. The molecule has 0 amide bonds. The summed E-state index contributed by atoms with van der Waals surface area (Å²) in [6.45, 7) is 2.08. The summed E-state index contributed by atoms with van der Waals surface area (Å²) in [6.07, 6.45) is 2.46. The third kappa shape index (κ3) is 2.49. The quantitative estimate of drug-likeness (QED) is 0.845. The standard InChI is InChI=1S/C14H20FNO2/c1-10(18)14-12(15)6-3-7-13(14)16(8-9-17)11-4-2-5-11/h3,6-7,10-11,17-18H,2,4-5,8-9H2,1H3/t10-/m0/s1. The van der Waals surface area contributed by atoms with Crippen molar-refractivity contribution in [3.8, 4) is 0 Å². The molecule has 1 saturated carbocycles. The van der Waals surface area contributed by atoms with Gasteiger partial charge in [0.2, 0.25) is 0 Å². The lowest BCUT2D eigenvalue weighted by Crippen LogP contribution is -2.42. The van der Waals surface area contributed by atoms with E-state index in [0.29, 0.717) is 23.8 Å². The van der Waals surface area contributed by atoms with Gasteiger partial charge < -0.3 is 15.1 Å². The molecule has 1 aromatic rings. The van der Waals surface area contributed by atoms with Crippen LogP contribution in [0, 0.1) is 5.82 Å². The van der Waals surface area contributed by atoms with E-state index in [4.69, 9.17) is 5.11 Å². The molecule has 2 N–H and O–H groups in total. The Morgan fingerprint density at radius 2 is 2.17 bits per heavy atom. The fourth-order valence-corrected chi connectivity index (χ4v) is 2.50. The van der Waals surface area contributed by atoms with E-state index in [0.717, 1.165) is 12.8 Å². The molecule has 0 radical (unpaired) electrons. The first kappa shape index (κ1) is 13.3. The van der Waals surface area contributed by atoms with Crippen molar-refractivity contribution in [2.24, 2.45) is 0 Å². The SMILES string of the molecule is C[C@H](O)c1c(F)cccc1N(CCO)C1CCC1. The van der Waals surface area contributed by atoms with Crippen LogP contribution in [0.25, 0.3) is 0 Å².